The summed E-state index contributed by atoms with van der Waals surface area (Å²) in [7, 11) is 0. The van der Waals surface area contributed by atoms with Gasteiger partial charge in [-0.25, -0.2) is 4.39 Å². The molecular formula is C13H19FN2O. The molecule has 94 valence electrons. The van der Waals surface area contributed by atoms with Gasteiger partial charge in [0.05, 0.1) is 11.7 Å². The monoisotopic (exact) mass is 238 g/mol. The van der Waals surface area contributed by atoms with Crippen molar-refractivity contribution < 1.29 is 9.18 Å². The van der Waals surface area contributed by atoms with E-state index in [-0.39, 0.29) is 17.0 Å². The highest BCUT2D eigenvalue weighted by Gasteiger charge is 2.27. The number of anilines is 1. The molecule has 0 aromatic heterocycles. The largest absolute Gasteiger partial charge is 0.322 e. The summed E-state index contributed by atoms with van der Waals surface area (Å²) in [6.07, 6.45) is 0. The van der Waals surface area contributed by atoms with Crippen LogP contribution in [-0.4, -0.2) is 11.9 Å². The molecule has 1 rings (SSSR count). The highest BCUT2D eigenvalue weighted by molar-refractivity contribution is 5.95. The fraction of sp³-hybridized carbons (Fsp3) is 0.462. The van der Waals surface area contributed by atoms with Crippen LogP contribution in [0.25, 0.3) is 0 Å². The molecule has 0 radical (unpaired) electrons. The number of benzene rings is 1. The lowest BCUT2D eigenvalue weighted by Crippen LogP contribution is -2.45. The van der Waals surface area contributed by atoms with Gasteiger partial charge in [-0.15, -0.1) is 0 Å². The van der Waals surface area contributed by atoms with Crippen LogP contribution in [0, 0.1) is 18.2 Å². The molecule has 0 saturated carbocycles. The fourth-order valence-corrected chi connectivity index (χ4v) is 1.33. The van der Waals surface area contributed by atoms with Crippen LogP contribution < -0.4 is 11.1 Å². The number of nitrogens with one attached hydrogen (secondary N) is 1. The van der Waals surface area contributed by atoms with Gasteiger partial charge in [0.15, 0.2) is 0 Å². The highest BCUT2D eigenvalue weighted by Crippen LogP contribution is 2.20. The summed E-state index contributed by atoms with van der Waals surface area (Å²) >= 11 is 0. The Morgan fingerprint density at radius 2 is 2.00 bits per heavy atom. The lowest BCUT2D eigenvalue weighted by Gasteiger charge is -2.25. The van der Waals surface area contributed by atoms with E-state index in [1.165, 1.54) is 12.1 Å². The summed E-state index contributed by atoms with van der Waals surface area (Å²) in [6, 6.07) is 3.97. The molecule has 0 aliphatic carbocycles. The van der Waals surface area contributed by atoms with E-state index >= 15 is 0 Å². The lowest BCUT2D eigenvalue weighted by atomic mass is 9.87. The van der Waals surface area contributed by atoms with Crippen molar-refractivity contribution in [2.75, 3.05) is 5.32 Å². The Hall–Kier alpha value is -1.42. The maximum absolute atomic E-state index is 13.5. The fourth-order valence-electron chi connectivity index (χ4n) is 1.33. The Morgan fingerprint density at radius 3 is 2.47 bits per heavy atom. The molecule has 4 heteroatoms. The standard InChI is InChI=1S/C13H19FN2O/c1-8-5-6-10(9(14)7-8)16-12(17)11(15)13(2,3)4/h5-7,11H,15H2,1-4H3,(H,16,17). The summed E-state index contributed by atoms with van der Waals surface area (Å²) < 4.78 is 13.5. The molecule has 0 heterocycles. The zero-order valence-corrected chi connectivity index (χ0v) is 10.7. The van der Waals surface area contributed by atoms with E-state index in [1.807, 2.05) is 20.8 Å². The predicted octanol–water partition coefficient (Wildman–Crippen LogP) is 2.45. The Balaban J connectivity index is 2.82. The first-order chi connectivity index (χ1) is 7.71. The number of carbonyl (C=O) groups is 1. The number of hydrogen-bond donors (Lipinski definition) is 2. The zero-order chi connectivity index (χ0) is 13.2. The molecule has 0 aliphatic rings. The third-order valence-corrected chi connectivity index (χ3v) is 2.60. The highest BCUT2D eigenvalue weighted by atomic mass is 19.1. The van der Waals surface area contributed by atoms with Crippen LogP contribution in [0.1, 0.15) is 26.3 Å². The number of carbonyl (C=O) groups excluding carboxylic acids is 1. The van der Waals surface area contributed by atoms with E-state index in [2.05, 4.69) is 5.32 Å². The Kier molecular flexibility index (Phi) is 3.88. The van der Waals surface area contributed by atoms with Crippen molar-refractivity contribution in [2.45, 2.75) is 33.7 Å². The van der Waals surface area contributed by atoms with Crippen LogP contribution in [0.15, 0.2) is 18.2 Å². The van der Waals surface area contributed by atoms with Crippen LogP contribution in [0.5, 0.6) is 0 Å². The van der Waals surface area contributed by atoms with Crippen LogP contribution >= 0.6 is 0 Å². The molecule has 0 spiro atoms. The van der Waals surface area contributed by atoms with Crippen molar-refractivity contribution in [2.24, 2.45) is 11.1 Å². The summed E-state index contributed by atoms with van der Waals surface area (Å²) in [5.74, 6) is -0.820. The summed E-state index contributed by atoms with van der Waals surface area (Å²) in [6.45, 7) is 7.38. The molecule has 0 saturated heterocycles. The molecular weight excluding hydrogens is 219 g/mol. The second-order valence-corrected chi connectivity index (χ2v) is 5.32. The number of rotatable bonds is 2. The number of hydrogen-bond acceptors (Lipinski definition) is 2. The van der Waals surface area contributed by atoms with E-state index in [0.29, 0.717) is 0 Å². The minimum Gasteiger partial charge on any atom is -0.322 e. The average molecular weight is 238 g/mol. The average Bonchev–Trinajstić information content (AvgIpc) is 2.19. The van der Waals surface area contributed by atoms with Gasteiger partial charge in [-0.1, -0.05) is 26.8 Å². The topological polar surface area (TPSA) is 55.1 Å². The van der Waals surface area contributed by atoms with E-state index in [9.17, 15) is 9.18 Å². The Bertz CT molecular complexity index is 424. The molecule has 0 aliphatic heterocycles. The summed E-state index contributed by atoms with van der Waals surface area (Å²) in [4.78, 5) is 11.8. The number of aryl methyl sites for hydroxylation is 1. The molecule has 17 heavy (non-hydrogen) atoms. The Labute approximate surface area is 101 Å². The maximum Gasteiger partial charge on any atom is 0.241 e. The van der Waals surface area contributed by atoms with Crippen LogP contribution in [0.4, 0.5) is 10.1 Å². The summed E-state index contributed by atoms with van der Waals surface area (Å²) in [5.41, 5.74) is 6.40. The van der Waals surface area contributed by atoms with Crippen LogP contribution in [-0.2, 0) is 4.79 Å². The van der Waals surface area contributed by atoms with E-state index < -0.39 is 11.9 Å². The SMILES string of the molecule is Cc1ccc(NC(=O)C(N)C(C)(C)C)c(F)c1. The van der Waals surface area contributed by atoms with Crippen molar-refractivity contribution in [3.63, 3.8) is 0 Å². The number of halogens is 1. The quantitative estimate of drug-likeness (QED) is 0.831. The smallest absolute Gasteiger partial charge is 0.241 e. The van der Waals surface area contributed by atoms with Crippen molar-refractivity contribution in [1.82, 2.24) is 0 Å². The second kappa shape index (κ2) is 4.84. The van der Waals surface area contributed by atoms with E-state index in [0.717, 1.165) is 5.56 Å². The summed E-state index contributed by atoms with van der Waals surface area (Å²) in [5, 5.41) is 2.50. The van der Waals surface area contributed by atoms with Gasteiger partial charge in [0.1, 0.15) is 5.82 Å². The molecule has 3 N–H and O–H groups in total. The molecule has 1 unspecified atom stereocenters. The number of amides is 1. The molecule has 1 amide bonds. The van der Waals surface area contributed by atoms with Gasteiger partial charge in [0, 0.05) is 0 Å². The third-order valence-electron chi connectivity index (χ3n) is 2.60. The van der Waals surface area contributed by atoms with Gasteiger partial charge >= 0.3 is 0 Å². The van der Waals surface area contributed by atoms with E-state index in [1.54, 1.807) is 13.0 Å². The molecule has 0 fully saturated rings. The third kappa shape index (κ3) is 3.53. The first-order valence-corrected chi connectivity index (χ1v) is 5.54. The first-order valence-electron chi connectivity index (χ1n) is 5.54. The minimum atomic E-state index is -0.678. The number of nitrogens with two attached hydrogens (primary N) is 1. The predicted molar refractivity (Wildman–Crippen MR) is 67.2 cm³/mol. The van der Waals surface area contributed by atoms with Crippen molar-refractivity contribution in [3.8, 4) is 0 Å². The van der Waals surface area contributed by atoms with Crippen LogP contribution in [0.3, 0.4) is 0 Å². The maximum atomic E-state index is 13.5. The molecule has 1 atom stereocenters. The van der Waals surface area contributed by atoms with Gasteiger partial charge in [-0.3, -0.25) is 4.79 Å². The van der Waals surface area contributed by atoms with Gasteiger partial charge in [-0.05, 0) is 30.0 Å². The normalized spacial score (nSPS) is 13.3. The lowest BCUT2D eigenvalue weighted by molar-refractivity contribution is -0.119. The minimum absolute atomic E-state index is 0.167. The van der Waals surface area contributed by atoms with Crippen molar-refractivity contribution in [1.29, 1.82) is 0 Å². The molecule has 3 nitrogen and oxygen atoms in total. The molecule has 0 bridgehead atoms. The second-order valence-electron chi connectivity index (χ2n) is 5.32. The van der Waals surface area contributed by atoms with Crippen molar-refractivity contribution in [3.05, 3.63) is 29.6 Å². The van der Waals surface area contributed by atoms with Crippen molar-refractivity contribution >= 4 is 11.6 Å². The molecule has 1 aromatic carbocycles. The van der Waals surface area contributed by atoms with E-state index in [4.69, 9.17) is 5.73 Å². The van der Waals surface area contributed by atoms with Gasteiger partial charge in [0.25, 0.3) is 0 Å². The van der Waals surface area contributed by atoms with Crippen LogP contribution in [0.2, 0.25) is 0 Å². The first kappa shape index (κ1) is 13.6. The molecule has 1 aromatic rings. The zero-order valence-electron chi connectivity index (χ0n) is 10.7. The Morgan fingerprint density at radius 1 is 1.41 bits per heavy atom. The van der Waals surface area contributed by atoms with Gasteiger partial charge in [-0.2, -0.15) is 0 Å². The van der Waals surface area contributed by atoms with Gasteiger partial charge < -0.3 is 11.1 Å². The van der Waals surface area contributed by atoms with Gasteiger partial charge in [0.2, 0.25) is 5.91 Å².